The van der Waals surface area contributed by atoms with Crippen LogP contribution in [0, 0.1) is 6.92 Å². The molecular weight excluding hydrogens is 186 g/mol. The van der Waals surface area contributed by atoms with E-state index in [0.29, 0.717) is 12.2 Å². The van der Waals surface area contributed by atoms with Gasteiger partial charge in [-0.2, -0.15) is 0 Å². The zero-order chi connectivity index (χ0) is 10.8. The molecule has 0 radical (unpaired) electrons. The number of ketones is 1. The summed E-state index contributed by atoms with van der Waals surface area (Å²) < 4.78 is 0. The van der Waals surface area contributed by atoms with Crippen molar-refractivity contribution in [1.82, 2.24) is 4.90 Å². The van der Waals surface area contributed by atoms with Gasteiger partial charge in [0.15, 0.2) is 5.78 Å². The van der Waals surface area contributed by atoms with Crippen LogP contribution in [0.25, 0.3) is 0 Å². The van der Waals surface area contributed by atoms with E-state index in [2.05, 4.69) is 24.0 Å². The number of hydrogen-bond acceptors (Lipinski definition) is 2. The monoisotopic (exact) mass is 203 g/mol. The smallest absolute Gasteiger partial charge is 0.151 e. The highest BCUT2D eigenvalue weighted by Gasteiger charge is 2.29. The minimum Gasteiger partial charge on any atom is -0.298 e. The maximum atomic E-state index is 11.7. The SMILES string of the molecule is Cc1ccccc1CC1C(=O)CCN1C. The fourth-order valence-electron chi connectivity index (χ4n) is 2.17. The van der Waals surface area contributed by atoms with Gasteiger partial charge in [-0.1, -0.05) is 24.3 Å². The van der Waals surface area contributed by atoms with E-state index < -0.39 is 0 Å². The third-order valence-corrected chi connectivity index (χ3v) is 3.29. The quantitative estimate of drug-likeness (QED) is 0.730. The Labute approximate surface area is 90.9 Å². The van der Waals surface area contributed by atoms with Crippen LogP contribution < -0.4 is 0 Å². The lowest BCUT2D eigenvalue weighted by molar-refractivity contribution is -0.119. The molecule has 1 atom stereocenters. The summed E-state index contributed by atoms with van der Waals surface area (Å²) in [6.45, 7) is 3.02. The van der Waals surface area contributed by atoms with Gasteiger partial charge < -0.3 is 0 Å². The van der Waals surface area contributed by atoms with Crippen LogP contribution in [0.3, 0.4) is 0 Å². The van der Waals surface area contributed by atoms with E-state index in [0.717, 1.165) is 13.0 Å². The molecule has 1 aromatic carbocycles. The van der Waals surface area contributed by atoms with Crippen LogP contribution in [-0.4, -0.2) is 30.3 Å². The number of carbonyl (C=O) groups is 1. The number of Topliss-reactive ketones (excluding diaryl/α,β-unsaturated/α-hetero) is 1. The van der Waals surface area contributed by atoms with Crippen molar-refractivity contribution < 1.29 is 4.79 Å². The Kier molecular flexibility index (Phi) is 2.87. The molecule has 1 aliphatic heterocycles. The zero-order valence-corrected chi connectivity index (χ0v) is 9.36. The molecular formula is C13H17NO. The van der Waals surface area contributed by atoms with Crippen LogP contribution in [0.5, 0.6) is 0 Å². The largest absolute Gasteiger partial charge is 0.298 e. The number of benzene rings is 1. The fourth-order valence-corrected chi connectivity index (χ4v) is 2.17. The topological polar surface area (TPSA) is 20.3 Å². The minimum atomic E-state index is 0.103. The number of hydrogen-bond donors (Lipinski definition) is 0. The van der Waals surface area contributed by atoms with Crippen LogP contribution >= 0.6 is 0 Å². The molecule has 0 spiro atoms. The zero-order valence-electron chi connectivity index (χ0n) is 9.36. The molecule has 1 unspecified atom stereocenters. The third kappa shape index (κ3) is 2.10. The first-order valence-corrected chi connectivity index (χ1v) is 5.46. The van der Waals surface area contributed by atoms with E-state index in [1.165, 1.54) is 11.1 Å². The Bertz CT molecular complexity index is 373. The van der Waals surface area contributed by atoms with Crippen molar-refractivity contribution in [2.75, 3.05) is 13.6 Å². The van der Waals surface area contributed by atoms with Gasteiger partial charge in [-0.15, -0.1) is 0 Å². The Balaban J connectivity index is 2.15. The standard InChI is InChI=1S/C13H17NO/c1-10-5-3-4-6-11(10)9-12-13(15)7-8-14(12)2/h3-6,12H,7-9H2,1-2H3. The minimum absolute atomic E-state index is 0.103. The van der Waals surface area contributed by atoms with E-state index in [9.17, 15) is 4.79 Å². The predicted octanol–water partition coefficient (Wildman–Crippen LogP) is 1.81. The van der Waals surface area contributed by atoms with E-state index in [4.69, 9.17) is 0 Å². The third-order valence-electron chi connectivity index (χ3n) is 3.29. The maximum Gasteiger partial charge on any atom is 0.151 e. The van der Waals surface area contributed by atoms with Crippen molar-refractivity contribution in [2.24, 2.45) is 0 Å². The van der Waals surface area contributed by atoms with Crippen LogP contribution in [-0.2, 0) is 11.2 Å². The summed E-state index contributed by atoms with van der Waals surface area (Å²) in [6.07, 6.45) is 1.58. The molecule has 2 heteroatoms. The summed E-state index contributed by atoms with van der Waals surface area (Å²) in [7, 11) is 2.04. The van der Waals surface area contributed by atoms with Crippen LogP contribution in [0.15, 0.2) is 24.3 Å². The molecule has 1 aromatic rings. The number of rotatable bonds is 2. The molecule has 2 rings (SSSR count). The second kappa shape index (κ2) is 4.15. The normalized spacial score (nSPS) is 22.3. The molecule has 1 aliphatic rings. The van der Waals surface area contributed by atoms with Crippen LogP contribution in [0.4, 0.5) is 0 Å². The Morgan fingerprint density at radius 1 is 1.40 bits per heavy atom. The molecule has 1 heterocycles. The van der Waals surface area contributed by atoms with Gasteiger partial charge in [0.25, 0.3) is 0 Å². The van der Waals surface area contributed by atoms with Crippen LogP contribution in [0.1, 0.15) is 17.5 Å². The van der Waals surface area contributed by atoms with Crippen LogP contribution in [0.2, 0.25) is 0 Å². The molecule has 0 aliphatic carbocycles. The van der Waals surface area contributed by atoms with E-state index in [1.807, 2.05) is 19.2 Å². The Hall–Kier alpha value is -1.15. The summed E-state index contributed by atoms with van der Waals surface area (Å²) in [4.78, 5) is 13.8. The van der Waals surface area contributed by atoms with Gasteiger partial charge in [0.2, 0.25) is 0 Å². The average molecular weight is 203 g/mol. The van der Waals surface area contributed by atoms with Crippen molar-refractivity contribution in [3.63, 3.8) is 0 Å². The summed E-state index contributed by atoms with van der Waals surface area (Å²) in [5.74, 6) is 0.390. The Morgan fingerprint density at radius 2 is 2.13 bits per heavy atom. The molecule has 2 nitrogen and oxygen atoms in total. The van der Waals surface area contributed by atoms with Crippen molar-refractivity contribution in [2.45, 2.75) is 25.8 Å². The number of likely N-dealkylation sites (tertiary alicyclic amines) is 1. The fraction of sp³-hybridized carbons (Fsp3) is 0.462. The lowest BCUT2D eigenvalue weighted by Crippen LogP contribution is -2.31. The summed E-state index contributed by atoms with van der Waals surface area (Å²) in [5, 5.41) is 0. The lowest BCUT2D eigenvalue weighted by atomic mass is 9.99. The molecule has 15 heavy (non-hydrogen) atoms. The van der Waals surface area contributed by atoms with Crippen molar-refractivity contribution in [1.29, 1.82) is 0 Å². The maximum absolute atomic E-state index is 11.7. The summed E-state index contributed by atoms with van der Waals surface area (Å²) in [5.41, 5.74) is 2.58. The lowest BCUT2D eigenvalue weighted by Gasteiger charge is -2.18. The van der Waals surface area contributed by atoms with Crippen molar-refractivity contribution in [3.8, 4) is 0 Å². The highest BCUT2D eigenvalue weighted by molar-refractivity contribution is 5.86. The molecule has 0 amide bonds. The average Bonchev–Trinajstić information content (AvgIpc) is 2.53. The predicted molar refractivity (Wildman–Crippen MR) is 60.9 cm³/mol. The molecule has 0 saturated carbocycles. The second-order valence-electron chi connectivity index (χ2n) is 4.34. The van der Waals surface area contributed by atoms with E-state index in [1.54, 1.807) is 0 Å². The molecule has 80 valence electrons. The molecule has 0 aromatic heterocycles. The van der Waals surface area contributed by atoms with Crippen molar-refractivity contribution in [3.05, 3.63) is 35.4 Å². The number of carbonyl (C=O) groups excluding carboxylic acids is 1. The van der Waals surface area contributed by atoms with E-state index in [-0.39, 0.29) is 6.04 Å². The molecule has 1 saturated heterocycles. The first kappa shape index (κ1) is 10.4. The van der Waals surface area contributed by atoms with Gasteiger partial charge in [-0.05, 0) is 31.5 Å². The van der Waals surface area contributed by atoms with Gasteiger partial charge in [0, 0.05) is 13.0 Å². The molecule has 0 bridgehead atoms. The van der Waals surface area contributed by atoms with Gasteiger partial charge >= 0.3 is 0 Å². The van der Waals surface area contributed by atoms with Gasteiger partial charge in [0.05, 0.1) is 6.04 Å². The second-order valence-corrected chi connectivity index (χ2v) is 4.34. The van der Waals surface area contributed by atoms with Gasteiger partial charge in [-0.25, -0.2) is 0 Å². The highest BCUT2D eigenvalue weighted by atomic mass is 16.1. The first-order chi connectivity index (χ1) is 7.18. The Morgan fingerprint density at radius 3 is 2.73 bits per heavy atom. The molecule has 0 N–H and O–H groups in total. The number of aryl methyl sites for hydroxylation is 1. The van der Waals surface area contributed by atoms with Gasteiger partial charge in [0.1, 0.15) is 0 Å². The first-order valence-electron chi connectivity index (χ1n) is 5.46. The highest BCUT2D eigenvalue weighted by Crippen LogP contribution is 2.18. The van der Waals surface area contributed by atoms with E-state index >= 15 is 0 Å². The number of nitrogens with zero attached hydrogens (tertiary/aromatic N) is 1. The number of likely N-dealkylation sites (N-methyl/N-ethyl adjacent to an activating group) is 1. The van der Waals surface area contributed by atoms with Crippen molar-refractivity contribution >= 4 is 5.78 Å². The summed E-state index contributed by atoms with van der Waals surface area (Å²) >= 11 is 0. The van der Waals surface area contributed by atoms with Gasteiger partial charge in [-0.3, -0.25) is 9.69 Å². The summed E-state index contributed by atoms with van der Waals surface area (Å²) in [6, 6.07) is 8.41. The molecule has 1 fully saturated rings.